The molecule has 2 aromatic rings. The van der Waals surface area contributed by atoms with Gasteiger partial charge in [-0.15, -0.1) is 10.2 Å². The zero-order chi connectivity index (χ0) is 18.4. The van der Waals surface area contributed by atoms with E-state index in [0.29, 0.717) is 0 Å². The van der Waals surface area contributed by atoms with Gasteiger partial charge in [0.15, 0.2) is 5.96 Å². The molecule has 0 saturated carbocycles. The van der Waals surface area contributed by atoms with E-state index < -0.39 is 0 Å². The van der Waals surface area contributed by atoms with Gasteiger partial charge in [0.05, 0.1) is 0 Å². The lowest BCUT2D eigenvalue weighted by molar-refractivity contribution is 0.371. The van der Waals surface area contributed by atoms with Crippen molar-refractivity contribution in [2.75, 3.05) is 44.7 Å². The van der Waals surface area contributed by atoms with Crippen molar-refractivity contribution in [3.63, 3.8) is 0 Å². The van der Waals surface area contributed by atoms with Crippen LogP contribution in [0.25, 0.3) is 0 Å². The summed E-state index contributed by atoms with van der Waals surface area (Å²) >= 11 is 0. The molecule has 7 nitrogen and oxygen atoms in total. The zero-order valence-corrected chi connectivity index (χ0v) is 15.4. The highest BCUT2D eigenvalue weighted by Gasteiger charge is 2.19. The summed E-state index contributed by atoms with van der Waals surface area (Å²) in [7, 11) is 1.81. The maximum atomic E-state index is 13.1. The molecule has 0 aliphatic carbocycles. The van der Waals surface area contributed by atoms with Gasteiger partial charge in [-0.1, -0.05) is 6.92 Å². The topological polar surface area (TPSA) is 61.6 Å². The number of piperazine rings is 1. The molecule has 1 aliphatic rings. The molecule has 8 heteroatoms. The number of nitrogens with one attached hydrogen (secondary N) is 1. The molecule has 26 heavy (non-hydrogen) atoms. The molecule has 3 rings (SSSR count). The Bertz CT molecular complexity index is 717. The monoisotopic (exact) mass is 359 g/mol. The quantitative estimate of drug-likeness (QED) is 0.646. The van der Waals surface area contributed by atoms with E-state index in [4.69, 9.17) is 0 Å². The number of rotatable bonds is 5. The Labute approximate surface area is 153 Å². The average molecular weight is 359 g/mol. The Kier molecular flexibility index (Phi) is 6.04. The number of aromatic nitrogens is 3. The van der Waals surface area contributed by atoms with Crippen LogP contribution < -0.4 is 10.2 Å². The summed E-state index contributed by atoms with van der Waals surface area (Å²) in [6.07, 6.45) is 2.64. The highest BCUT2D eigenvalue weighted by molar-refractivity contribution is 5.80. The SMILES string of the molecule is CCc1nncn1CCNC(=NC)N1CCN(c2ccc(F)cc2)CC1. The molecule has 1 aliphatic heterocycles. The van der Waals surface area contributed by atoms with Gasteiger partial charge in [-0.3, -0.25) is 4.99 Å². The number of hydrogen-bond donors (Lipinski definition) is 1. The second kappa shape index (κ2) is 8.64. The van der Waals surface area contributed by atoms with E-state index in [1.807, 2.05) is 19.2 Å². The van der Waals surface area contributed by atoms with Crippen LogP contribution >= 0.6 is 0 Å². The Hall–Kier alpha value is -2.64. The van der Waals surface area contributed by atoms with Gasteiger partial charge >= 0.3 is 0 Å². The summed E-state index contributed by atoms with van der Waals surface area (Å²) in [4.78, 5) is 8.93. The minimum Gasteiger partial charge on any atom is -0.368 e. The highest BCUT2D eigenvalue weighted by Crippen LogP contribution is 2.16. The first-order valence-corrected chi connectivity index (χ1v) is 9.04. The molecule has 0 radical (unpaired) electrons. The zero-order valence-electron chi connectivity index (χ0n) is 15.4. The van der Waals surface area contributed by atoms with Gasteiger partial charge in [0.2, 0.25) is 0 Å². The van der Waals surface area contributed by atoms with E-state index >= 15 is 0 Å². The fraction of sp³-hybridized carbons (Fsp3) is 0.500. The van der Waals surface area contributed by atoms with E-state index in [0.717, 1.165) is 63.2 Å². The lowest BCUT2D eigenvalue weighted by atomic mass is 10.2. The molecule has 1 aromatic heterocycles. The number of aliphatic imine (C=N–C) groups is 1. The van der Waals surface area contributed by atoms with Crippen LogP contribution in [0.15, 0.2) is 35.6 Å². The number of aryl methyl sites for hydroxylation is 1. The molecule has 0 spiro atoms. The minimum absolute atomic E-state index is 0.198. The fourth-order valence-electron chi connectivity index (χ4n) is 3.19. The van der Waals surface area contributed by atoms with Crippen molar-refractivity contribution >= 4 is 11.6 Å². The number of anilines is 1. The smallest absolute Gasteiger partial charge is 0.193 e. The summed E-state index contributed by atoms with van der Waals surface area (Å²) in [5.41, 5.74) is 1.06. The van der Waals surface area contributed by atoms with E-state index in [1.165, 1.54) is 12.1 Å². The number of nitrogens with zero attached hydrogens (tertiary/aromatic N) is 6. The van der Waals surface area contributed by atoms with E-state index in [2.05, 4.69) is 41.8 Å². The molecule has 2 heterocycles. The number of guanidine groups is 1. The molecule has 1 N–H and O–H groups in total. The molecule has 1 saturated heterocycles. The minimum atomic E-state index is -0.198. The van der Waals surface area contributed by atoms with Gasteiger partial charge < -0.3 is 19.7 Å². The van der Waals surface area contributed by atoms with Crippen molar-refractivity contribution in [2.45, 2.75) is 19.9 Å². The van der Waals surface area contributed by atoms with Crippen molar-refractivity contribution in [1.29, 1.82) is 0 Å². The van der Waals surface area contributed by atoms with Crippen molar-refractivity contribution in [1.82, 2.24) is 25.0 Å². The van der Waals surface area contributed by atoms with Gasteiger partial charge in [-0.2, -0.15) is 0 Å². The Balaban J connectivity index is 1.48. The summed E-state index contributed by atoms with van der Waals surface area (Å²) in [6, 6.07) is 6.69. The normalized spacial score (nSPS) is 15.4. The molecule has 1 aromatic carbocycles. The summed E-state index contributed by atoms with van der Waals surface area (Å²) in [6.45, 7) is 7.19. The summed E-state index contributed by atoms with van der Waals surface area (Å²) in [5.74, 6) is 1.71. The molecular weight excluding hydrogens is 333 g/mol. The van der Waals surface area contributed by atoms with Crippen molar-refractivity contribution in [2.24, 2.45) is 4.99 Å². The lowest BCUT2D eigenvalue weighted by Gasteiger charge is -2.37. The van der Waals surface area contributed by atoms with Crippen LogP contribution in [0.4, 0.5) is 10.1 Å². The van der Waals surface area contributed by atoms with Crippen LogP contribution in [0.3, 0.4) is 0 Å². The van der Waals surface area contributed by atoms with Crippen LogP contribution in [0.1, 0.15) is 12.7 Å². The Morgan fingerprint density at radius 3 is 2.58 bits per heavy atom. The van der Waals surface area contributed by atoms with Gasteiger partial charge in [0.25, 0.3) is 0 Å². The van der Waals surface area contributed by atoms with Crippen molar-refractivity contribution in [3.8, 4) is 0 Å². The first kappa shape index (κ1) is 18.2. The van der Waals surface area contributed by atoms with Crippen LogP contribution in [0, 0.1) is 5.82 Å². The summed E-state index contributed by atoms with van der Waals surface area (Å²) < 4.78 is 15.1. The van der Waals surface area contributed by atoms with Crippen LogP contribution in [-0.2, 0) is 13.0 Å². The Morgan fingerprint density at radius 1 is 1.19 bits per heavy atom. The standard InChI is InChI=1S/C18H26FN7/c1-3-17-23-22-14-26(17)9-8-21-18(20-2)25-12-10-24(11-13-25)16-6-4-15(19)5-7-16/h4-7,14H,3,8-13H2,1-2H3,(H,20,21). The van der Waals surface area contributed by atoms with Gasteiger partial charge in [-0.05, 0) is 24.3 Å². The first-order valence-electron chi connectivity index (χ1n) is 9.04. The molecular formula is C18H26FN7. The number of hydrogen-bond acceptors (Lipinski definition) is 4. The van der Waals surface area contributed by atoms with Crippen molar-refractivity contribution < 1.29 is 4.39 Å². The number of benzene rings is 1. The molecule has 1 fully saturated rings. The van der Waals surface area contributed by atoms with Crippen molar-refractivity contribution in [3.05, 3.63) is 42.2 Å². The largest absolute Gasteiger partial charge is 0.368 e. The third-order valence-corrected chi connectivity index (χ3v) is 4.63. The molecule has 0 bridgehead atoms. The van der Waals surface area contributed by atoms with Gasteiger partial charge in [0.1, 0.15) is 18.0 Å². The van der Waals surface area contributed by atoms with Gasteiger partial charge in [-0.25, -0.2) is 4.39 Å². The Morgan fingerprint density at radius 2 is 1.92 bits per heavy atom. The predicted molar refractivity (Wildman–Crippen MR) is 101 cm³/mol. The van der Waals surface area contributed by atoms with Crippen LogP contribution in [0.2, 0.25) is 0 Å². The highest BCUT2D eigenvalue weighted by atomic mass is 19.1. The van der Waals surface area contributed by atoms with Crippen LogP contribution in [0.5, 0.6) is 0 Å². The third-order valence-electron chi connectivity index (χ3n) is 4.63. The fourth-order valence-corrected chi connectivity index (χ4v) is 3.19. The third kappa shape index (κ3) is 4.30. The maximum Gasteiger partial charge on any atom is 0.193 e. The van der Waals surface area contributed by atoms with Crippen LogP contribution in [-0.4, -0.2) is 65.4 Å². The second-order valence-electron chi connectivity index (χ2n) is 6.22. The molecule has 0 amide bonds. The predicted octanol–water partition coefficient (Wildman–Crippen LogP) is 1.38. The maximum absolute atomic E-state index is 13.1. The second-order valence-corrected chi connectivity index (χ2v) is 6.22. The molecule has 140 valence electrons. The van der Waals surface area contributed by atoms with E-state index in [1.54, 1.807) is 6.33 Å². The molecule has 0 atom stereocenters. The lowest BCUT2D eigenvalue weighted by Crippen LogP contribution is -2.52. The number of halogens is 1. The average Bonchev–Trinajstić information content (AvgIpc) is 3.14. The summed E-state index contributed by atoms with van der Waals surface area (Å²) in [5, 5.41) is 11.5. The molecule has 0 unspecified atom stereocenters. The van der Waals surface area contributed by atoms with Gasteiger partial charge in [0, 0.05) is 58.4 Å². The van der Waals surface area contributed by atoms with E-state index in [-0.39, 0.29) is 5.82 Å². The first-order chi connectivity index (χ1) is 12.7. The van der Waals surface area contributed by atoms with E-state index in [9.17, 15) is 4.39 Å².